The Labute approximate surface area is 178 Å². The minimum absolute atomic E-state index is 0.0623. The first-order valence-electron chi connectivity index (χ1n) is 10.0. The van der Waals surface area contributed by atoms with Crippen LogP contribution >= 0.6 is 22.9 Å². The number of hydrogen-bond acceptors (Lipinski definition) is 4. The Morgan fingerprint density at radius 1 is 1.24 bits per heavy atom. The van der Waals surface area contributed by atoms with Gasteiger partial charge in [-0.15, -0.1) is 11.3 Å². The second kappa shape index (κ2) is 8.28. The molecule has 0 bridgehead atoms. The van der Waals surface area contributed by atoms with Crippen LogP contribution < -0.4 is 10.9 Å². The number of thiophene rings is 1. The Hall–Kier alpha value is -2.18. The molecule has 1 fully saturated rings. The molecular weight excluding hydrogens is 406 g/mol. The van der Waals surface area contributed by atoms with Gasteiger partial charge in [0, 0.05) is 16.5 Å². The second-order valence-electron chi connectivity index (χ2n) is 7.67. The first-order valence-corrected chi connectivity index (χ1v) is 11.2. The first-order chi connectivity index (χ1) is 14.0. The summed E-state index contributed by atoms with van der Waals surface area (Å²) in [7, 11) is 0. The zero-order valence-electron chi connectivity index (χ0n) is 16.6. The summed E-state index contributed by atoms with van der Waals surface area (Å²) in [5.41, 5.74) is 1.39. The number of rotatable bonds is 4. The monoisotopic (exact) mass is 429 g/mol. The van der Waals surface area contributed by atoms with E-state index in [1.807, 2.05) is 32.0 Å². The fourth-order valence-electron chi connectivity index (χ4n) is 3.99. The third kappa shape index (κ3) is 3.96. The van der Waals surface area contributed by atoms with Crippen LogP contribution in [0.2, 0.25) is 5.02 Å². The summed E-state index contributed by atoms with van der Waals surface area (Å²) in [6, 6.07) is 7.48. The van der Waals surface area contributed by atoms with Gasteiger partial charge in [0.05, 0.1) is 10.4 Å². The van der Waals surface area contributed by atoms with Gasteiger partial charge in [0.1, 0.15) is 17.2 Å². The molecule has 1 saturated carbocycles. The SMILES string of the molecule is Cc1sc2nc(-c3ccccc3Cl)n(CC(=O)NC3CCCCC3)c(=O)c2c1C. The highest BCUT2D eigenvalue weighted by atomic mass is 35.5. The van der Waals surface area contributed by atoms with E-state index in [1.54, 1.807) is 6.07 Å². The van der Waals surface area contributed by atoms with Crippen LogP contribution in [-0.2, 0) is 11.3 Å². The van der Waals surface area contributed by atoms with E-state index < -0.39 is 0 Å². The number of aromatic nitrogens is 2. The minimum Gasteiger partial charge on any atom is -0.352 e. The maximum absolute atomic E-state index is 13.4. The lowest BCUT2D eigenvalue weighted by molar-refractivity contribution is -0.122. The van der Waals surface area contributed by atoms with E-state index in [9.17, 15) is 9.59 Å². The summed E-state index contributed by atoms with van der Waals surface area (Å²) >= 11 is 7.91. The third-order valence-corrected chi connectivity index (χ3v) is 7.11. The predicted octanol–water partition coefficient (Wildman–Crippen LogP) is 4.84. The molecule has 1 aliphatic rings. The Morgan fingerprint density at radius 3 is 2.69 bits per heavy atom. The van der Waals surface area contributed by atoms with Crippen LogP contribution in [0.15, 0.2) is 29.1 Å². The van der Waals surface area contributed by atoms with Gasteiger partial charge in [-0.2, -0.15) is 0 Å². The predicted molar refractivity (Wildman–Crippen MR) is 119 cm³/mol. The Bertz CT molecular complexity index is 1130. The second-order valence-corrected chi connectivity index (χ2v) is 9.28. The average molecular weight is 430 g/mol. The molecule has 1 N–H and O–H groups in total. The number of amides is 1. The standard InChI is InChI=1S/C22H24ClN3O2S/c1-13-14(2)29-21-19(13)22(28)26(12-18(27)24-15-8-4-3-5-9-15)20(25-21)16-10-6-7-11-17(16)23/h6-7,10-11,15H,3-5,8-9,12H2,1-2H3,(H,24,27). The maximum Gasteiger partial charge on any atom is 0.263 e. The molecule has 5 nitrogen and oxygen atoms in total. The van der Waals surface area contributed by atoms with E-state index in [1.165, 1.54) is 22.3 Å². The molecule has 2 heterocycles. The summed E-state index contributed by atoms with van der Waals surface area (Å²) in [4.78, 5) is 32.7. The topological polar surface area (TPSA) is 64.0 Å². The van der Waals surface area contributed by atoms with Gasteiger partial charge in [-0.3, -0.25) is 14.2 Å². The molecule has 2 aromatic heterocycles. The van der Waals surface area contributed by atoms with Crippen molar-refractivity contribution in [1.82, 2.24) is 14.9 Å². The van der Waals surface area contributed by atoms with Crippen LogP contribution in [0, 0.1) is 13.8 Å². The number of carbonyl (C=O) groups is 1. The van der Waals surface area contributed by atoms with Gasteiger partial charge in [-0.1, -0.05) is 43.0 Å². The molecule has 29 heavy (non-hydrogen) atoms. The molecule has 0 unspecified atom stereocenters. The van der Waals surface area contributed by atoms with Crippen molar-refractivity contribution in [2.75, 3.05) is 0 Å². The lowest BCUT2D eigenvalue weighted by Gasteiger charge is -2.23. The van der Waals surface area contributed by atoms with E-state index in [-0.39, 0.29) is 24.1 Å². The summed E-state index contributed by atoms with van der Waals surface area (Å²) < 4.78 is 1.47. The number of carbonyl (C=O) groups excluding carboxylic acids is 1. The van der Waals surface area contributed by atoms with Crippen molar-refractivity contribution < 1.29 is 4.79 Å². The molecule has 0 spiro atoms. The Kier molecular flexibility index (Phi) is 5.74. The summed E-state index contributed by atoms with van der Waals surface area (Å²) in [5, 5.41) is 4.20. The molecule has 152 valence electrons. The van der Waals surface area contributed by atoms with E-state index in [4.69, 9.17) is 16.6 Å². The van der Waals surface area contributed by atoms with Gasteiger partial charge in [-0.05, 0) is 44.4 Å². The van der Waals surface area contributed by atoms with Gasteiger partial charge in [0.25, 0.3) is 5.56 Å². The highest BCUT2D eigenvalue weighted by Crippen LogP contribution is 2.31. The minimum atomic E-state index is -0.189. The number of nitrogens with one attached hydrogen (secondary N) is 1. The highest BCUT2D eigenvalue weighted by Gasteiger charge is 2.22. The fraction of sp³-hybridized carbons (Fsp3) is 0.409. The quantitative estimate of drug-likeness (QED) is 0.645. The molecule has 3 aromatic rings. The molecule has 1 aliphatic carbocycles. The zero-order chi connectivity index (χ0) is 20.5. The largest absolute Gasteiger partial charge is 0.352 e. The Balaban J connectivity index is 1.79. The van der Waals surface area contributed by atoms with Gasteiger partial charge in [-0.25, -0.2) is 4.98 Å². The van der Waals surface area contributed by atoms with Gasteiger partial charge < -0.3 is 5.32 Å². The van der Waals surface area contributed by atoms with Crippen LogP contribution in [0.5, 0.6) is 0 Å². The van der Waals surface area contributed by atoms with Crippen LogP contribution in [0.3, 0.4) is 0 Å². The molecule has 1 amide bonds. The van der Waals surface area contributed by atoms with Crippen molar-refractivity contribution >= 4 is 39.1 Å². The number of benzene rings is 1. The van der Waals surface area contributed by atoms with Gasteiger partial charge in [0.15, 0.2) is 0 Å². The van der Waals surface area contributed by atoms with Gasteiger partial charge in [0.2, 0.25) is 5.91 Å². The van der Waals surface area contributed by atoms with Crippen molar-refractivity contribution in [1.29, 1.82) is 0 Å². The average Bonchev–Trinajstić information content (AvgIpc) is 2.99. The number of fused-ring (bicyclic) bond motifs is 1. The van der Waals surface area contributed by atoms with Crippen molar-refractivity contribution in [3.05, 3.63) is 50.1 Å². The number of halogens is 1. The van der Waals surface area contributed by atoms with Gasteiger partial charge >= 0.3 is 0 Å². The van der Waals surface area contributed by atoms with Crippen molar-refractivity contribution in [3.63, 3.8) is 0 Å². The summed E-state index contributed by atoms with van der Waals surface area (Å²) in [5.74, 6) is 0.284. The summed E-state index contributed by atoms with van der Waals surface area (Å²) in [6.45, 7) is 3.85. The molecule has 0 radical (unpaired) electrons. The smallest absolute Gasteiger partial charge is 0.263 e. The van der Waals surface area contributed by atoms with Crippen LogP contribution in [0.4, 0.5) is 0 Å². The molecular formula is C22H24ClN3O2S. The van der Waals surface area contributed by atoms with E-state index in [2.05, 4.69) is 5.32 Å². The lowest BCUT2D eigenvalue weighted by Crippen LogP contribution is -2.40. The molecule has 0 aliphatic heterocycles. The highest BCUT2D eigenvalue weighted by molar-refractivity contribution is 7.18. The van der Waals surface area contributed by atoms with Crippen LogP contribution in [-0.4, -0.2) is 21.5 Å². The maximum atomic E-state index is 13.4. The van der Waals surface area contributed by atoms with Crippen molar-refractivity contribution in [2.45, 2.75) is 58.5 Å². The Morgan fingerprint density at radius 2 is 1.97 bits per heavy atom. The third-order valence-electron chi connectivity index (χ3n) is 5.68. The molecule has 7 heteroatoms. The summed E-state index contributed by atoms with van der Waals surface area (Å²) in [6.07, 6.45) is 5.49. The van der Waals surface area contributed by atoms with Crippen molar-refractivity contribution in [2.24, 2.45) is 0 Å². The van der Waals surface area contributed by atoms with Crippen LogP contribution in [0.25, 0.3) is 21.6 Å². The zero-order valence-corrected chi connectivity index (χ0v) is 18.2. The molecule has 0 saturated heterocycles. The molecule has 4 rings (SSSR count). The fourth-order valence-corrected chi connectivity index (χ4v) is 5.23. The lowest BCUT2D eigenvalue weighted by atomic mass is 9.95. The number of hydrogen-bond donors (Lipinski definition) is 1. The van der Waals surface area contributed by atoms with Crippen LogP contribution in [0.1, 0.15) is 42.5 Å². The van der Waals surface area contributed by atoms with E-state index in [0.717, 1.165) is 36.1 Å². The number of aryl methyl sites for hydroxylation is 2. The van der Waals surface area contributed by atoms with Crippen molar-refractivity contribution in [3.8, 4) is 11.4 Å². The number of nitrogens with zero attached hydrogens (tertiary/aromatic N) is 2. The normalized spacial score (nSPS) is 15.0. The van der Waals surface area contributed by atoms with E-state index in [0.29, 0.717) is 26.6 Å². The molecule has 1 aromatic carbocycles. The molecule has 0 atom stereocenters. The van der Waals surface area contributed by atoms with E-state index >= 15 is 0 Å². The first kappa shape index (κ1) is 20.1.